The Morgan fingerprint density at radius 2 is 1.73 bits per heavy atom. The maximum Gasteiger partial charge on any atom is 0.229 e. The molecule has 0 radical (unpaired) electrons. The Kier molecular flexibility index (Phi) is 6.93. The van der Waals surface area contributed by atoms with Crippen molar-refractivity contribution in [3.05, 3.63) is 29.8 Å². The largest absolute Gasteiger partial charge is 0.352 e. The molecule has 2 aliphatic rings. The number of rotatable bonds is 5. The highest BCUT2D eigenvalue weighted by molar-refractivity contribution is 7.92. The van der Waals surface area contributed by atoms with Gasteiger partial charge in [0.1, 0.15) is 0 Å². The topological polar surface area (TPSA) is 101 Å². The van der Waals surface area contributed by atoms with E-state index < -0.39 is 10.0 Å². The van der Waals surface area contributed by atoms with Crippen LogP contribution in [-0.4, -0.2) is 26.6 Å². The molecule has 0 aliphatic heterocycles. The van der Waals surface area contributed by atoms with Crippen molar-refractivity contribution in [3.8, 4) is 0 Å². The lowest BCUT2D eigenvalue weighted by molar-refractivity contribution is -0.128. The minimum atomic E-state index is -3.27. The molecule has 26 heavy (non-hydrogen) atoms. The highest BCUT2D eigenvalue weighted by atomic mass is 35.5. The zero-order valence-electron chi connectivity index (χ0n) is 15.0. The van der Waals surface area contributed by atoms with Gasteiger partial charge in [-0.05, 0) is 55.2 Å². The normalized spacial score (nSPS) is 27.9. The van der Waals surface area contributed by atoms with Crippen LogP contribution in [-0.2, 0) is 21.4 Å². The van der Waals surface area contributed by atoms with E-state index in [9.17, 15) is 13.2 Å². The molecule has 1 amide bonds. The summed E-state index contributed by atoms with van der Waals surface area (Å²) in [6.07, 6.45) is 6.46. The maximum absolute atomic E-state index is 12.5. The Morgan fingerprint density at radius 3 is 2.27 bits per heavy atom. The maximum atomic E-state index is 12.5. The van der Waals surface area contributed by atoms with Crippen molar-refractivity contribution in [2.24, 2.45) is 23.5 Å². The Balaban J connectivity index is 0.00000243. The SMILES string of the molecule is CS(=O)(=O)Nc1ccc(CNC(=O)C2CC3CCCC(C2)C3N)cc1.Cl. The molecule has 1 aromatic carbocycles. The summed E-state index contributed by atoms with van der Waals surface area (Å²) >= 11 is 0. The molecule has 0 aromatic heterocycles. The summed E-state index contributed by atoms with van der Waals surface area (Å²) in [6.45, 7) is 0.454. The Morgan fingerprint density at radius 1 is 1.15 bits per heavy atom. The molecule has 2 unspecified atom stereocenters. The van der Waals surface area contributed by atoms with Gasteiger partial charge in [0.25, 0.3) is 0 Å². The third-order valence-corrected chi connectivity index (χ3v) is 6.11. The number of anilines is 1. The first-order valence-electron chi connectivity index (χ1n) is 8.92. The van der Waals surface area contributed by atoms with Gasteiger partial charge in [-0.25, -0.2) is 8.42 Å². The summed E-state index contributed by atoms with van der Waals surface area (Å²) in [6, 6.07) is 7.31. The molecule has 146 valence electrons. The highest BCUT2D eigenvalue weighted by Gasteiger charge is 2.40. The first-order valence-corrected chi connectivity index (χ1v) is 10.8. The van der Waals surface area contributed by atoms with E-state index in [1.54, 1.807) is 12.1 Å². The number of carbonyl (C=O) groups is 1. The average Bonchev–Trinajstić information content (AvgIpc) is 2.52. The van der Waals surface area contributed by atoms with Gasteiger partial charge >= 0.3 is 0 Å². The molecule has 0 heterocycles. The summed E-state index contributed by atoms with van der Waals surface area (Å²) in [5, 5.41) is 3.02. The summed E-state index contributed by atoms with van der Waals surface area (Å²) in [5.41, 5.74) is 7.75. The van der Waals surface area contributed by atoms with E-state index in [2.05, 4.69) is 10.0 Å². The Hall–Kier alpha value is -1.31. The standard InChI is InChI=1S/C18H27N3O3S.ClH/c1-25(23,24)21-16-7-5-12(6-8-16)11-20-18(22)15-9-13-3-2-4-14(10-15)17(13)19;/h5-8,13-15,17,21H,2-4,9-11,19H2,1H3,(H,20,22);1H. The van der Waals surface area contributed by atoms with Gasteiger partial charge in [-0.3, -0.25) is 9.52 Å². The van der Waals surface area contributed by atoms with Gasteiger partial charge in [-0.15, -0.1) is 12.4 Å². The molecule has 1 aromatic rings. The van der Waals surface area contributed by atoms with Gasteiger partial charge in [0.15, 0.2) is 0 Å². The van der Waals surface area contributed by atoms with Crippen molar-refractivity contribution in [2.75, 3.05) is 11.0 Å². The molecule has 6 nitrogen and oxygen atoms in total. The number of hydrogen-bond acceptors (Lipinski definition) is 4. The molecule has 0 saturated heterocycles. The van der Waals surface area contributed by atoms with Gasteiger partial charge in [0.05, 0.1) is 6.26 Å². The van der Waals surface area contributed by atoms with Crippen LogP contribution in [0, 0.1) is 17.8 Å². The quantitative estimate of drug-likeness (QED) is 0.704. The van der Waals surface area contributed by atoms with Crippen LogP contribution >= 0.6 is 12.4 Å². The van der Waals surface area contributed by atoms with Crippen LogP contribution in [0.4, 0.5) is 5.69 Å². The fourth-order valence-electron chi connectivity index (χ4n) is 4.24. The number of carbonyl (C=O) groups excluding carboxylic acids is 1. The van der Waals surface area contributed by atoms with Crippen molar-refractivity contribution in [3.63, 3.8) is 0 Å². The lowest BCUT2D eigenvalue weighted by Crippen LogP contribution is -2.49. The fourth-order valence-corrected chi connectivity index (χ4v) is 4.81. The molecule has 4 N–H and O–H groups in total. The molecule has 0 spiro atoms. The molecule has 2 fully saturated rings. The van der Waals surface area contributed by atoms with Crippen molar-refractivity contribution in [2.45, 2.75) is 44.7 Å². The number of nitrogens with two attached hydrogens (primary N) is 1. The summed E-state index contributed by atoms with van der Waals surface area (Å²) < 4.78 is 24.8. The van der Waals surface area contributed by atoms with E-state index in [1.807, 2.05) is 12.1 Å². The van der Waals surface area contributed by atoms with Crippen molar-refractivity contribution >= 4 is 34.0 Å². The van der Waals surface area contributed by atoms with Crippen LogP contribution in [0.15, 0.2) is 24.3 Å². The smallest absolute Gasteiger partial charge is 0.229 e. The molecule has 8 heteroatoms. The minimum absolute atomic E-state index is 0. The van der Waals surface area contributed by atoms with Gasteiger partial charge in [-0.2, -0.15) is 0 Å². The molecule has 2 saturated carbocycles. The second-order valence-corrected chi connectivity index (χ2v) is 9.23. The Labute approximate surface area is 161 Å². The number of halogens is 1. The van der Waals surface area contributed by atoms with Crippen LogP contribution in [0.2, 0.25) is 0 Å². The molecular weight excluding hydrogens is 374 g/mol. The van der Waals surface area contributed by atoms with Crippen LogP contribution in [0.1, 0.15) is 37.7 Å². The summed E-state index contributed by atoms with van der Waals surface area (Å²) in [5.74, 6) is 1.16. The van der Waals surface area contributed by atoms with Gasteiger partial charge in [0.2, 0.25) is 15.9 Å². The number of nitrogens with one attached hydrogen (secondary N) is 2. The molecule has 2 aliphatic carbocycles. The van der Waals surface area contributed by atoms with E-state index in [4.69, 9.17) is 5.73 Å². The van der Waals surface area contributed by atoms with Gasteiger partial charge in [0, 0.05) is 24.2 Å². The zero-order valence-corrected chi connectivity index (χ0v) is 16.6. The first-order chi connectivity index (χ1) is 11.8. The van der Waals surface area contributed by atoms with E-state index >= 15 is 0 Å². The monoisotopic (exact) mass is 401 g/mol. The first kappa shape index (κ1) is 21.0. The van der Waals surface area contributed by atoms with Gasteiger partial charge in [-0.1, -0.05) is 18.6 Å². The van der Waals surface area contributed by atoms with E-state index in [0.717, 1.165) is 37.5 Å². The fraction of sp³-hybridized carbons (Fsp3) is 0.611. The number of fused-ring (bicyclic) bond motifs is 2. The lowest BCUT2D eigenvalue weighted by Gasteiger charge is -2.43. The number of hydrogen-bond donors (Lipinski definition) is 3. The zero-order chi connectivity index (χ0) is 18.0. The summed E-state index contributed by atoms with van der Waals surface area (Å²) in [4.78, 5) is 12.5. The van der Waals surface area contributed by atoms with E-state index in [1.165, 1.54) is 6.42 Å². The number of sulfonamides is 1. The third kappa shape index (κ3) is 5.34. The van der Waals surface area contributed by atoms with Crippen LogP contribution in [0.25, 0.3) is 0 Å². The predicted molar refractivity (Wildman–Crippen MR) is 106 cm³/mol. The van der Waals surface area contributed by atoms with E-state index in [-0.39, 0.29) is 30.3 Å². The van der Waals surface area contributed by atoms with Gasteiger partial charge < -0.3 is 11.1 Å². The average molecular weight is 402 g/mol. The van der Waals surface area contributed by atoms with Crippen molar-refractivity contribution < 1.29 is 13.2 Å². The second-order valence-electron chi connectivity index (χ2n) is 7.49. The van der Waals surface area contributed by atoms with E-state index in [0.29, 0.717) is 24.1 Å². The van der Waals surface area contributed by atoms with Crippen LogP contribution in [0.5, 0.6) is 0 Å². The Bertz CT molecular complexity index is 710. The van der Waals surface area contributed by atoms with Crippen molar-refractivity contribution in [1.29, 1.82) is 0 Å². The molecular formula is C18H28ClN3O3S. The number of amides is 1. The van der Waals surface area contributed by atoms with Crippen molar-refractivity contribution in [1.82, 2.24) is 5.32 Å². The van der Waals surface area contributed by atoms with Crippen LogP contribution < -0.4 is 15.8 Å². The molecule has 2 atom stereocenters. The molecule has 3 rings (SSSR count). The lowest BCUT2D eigenvalue weighted by atomic mass is 9.65. The number of benzene rings is 1. The summed E-state index contributed by atoms with van der Waals surface area (Å²) in [7, 11) is -3.27. The minimum Gasteiger partial charge on any atom is -0.352 e. The van der Waals surface area contributed by atoms with Crippen LogP contribution in [0.3, 0.4) is 0 Å². The predicted octanol–water partition coefficient (Wildman–Crippen LogP) is 2.25. The highest BCUT2D eigenvalue weighted by Crippen LogP contribution is 2.41. The second kappa shape index (κ2) is 8.59. The third-order valence-electron chi connectivity index (χ3n) is 5.51. The molecule has 2 bridgehead atoms.